The summed E-state index contributed by atoms with van der Waals surface area (Å²) < 4.78 is 0. The van der Waals surface area contributed by atoms with E-state index in [1.807, 2.05) is 13.8 Å². The van der Waals surface area contributed by atoms with Crippen LogP contribution in [0.4, 0.5) is 10.7 Å². The minimum Gasteiger partial charge on any atom is -0.479 e. The van der Waals surface area contributed by atoms with E-state index in [1.54, 1.807) is 0 Å². The molecule has 4 N–H and O–H groups in total. The molecule has 0 saturated carbocycles. The van der Waals surface area contributed by atoms with Crippen molar-refractivity contribution in [3.63, 3.8) is 0 Å². The van der Waals surface area contributed by atoms with Crippen molar-refractivity contribution in [1.82, 2.24) is 20.5 Å². The Labute approximate surface area is 121 Å². The number of aromatic nitrogens is 3. The number of aliphatic hydroxyl groups excluding tert-OH is 1. The number of carbonyl (C=O) groups excluding carboxylic acids is 1. The maximum absolute atomic E-state index is 11.6. The van der Waals surface area contributed by atoms with Crippen LogP contribution in [-0.2, 0) is 17.6 Å². The number of aryl methyl sites for hydroxylation is 2. The van der Waals surface area contributed by atoms with Gasteiger partial charge in [0.25, 0.3) is 5.95 Å². The topological polar surface area (TPSA) is 137 Å². The monoisotopic (exact) mass is 297 g/mol. The summed E-state index contributed by atoms with van der Waals surface area (Å²) in [5.41, 5.74) is 1.55. The zero-order valence-corrected chi connectivity index (χ0v) is 12.0. The van der Waals surface area contributed by atoms with Gasteiger partial charge >= 0.3 is 12.0 Å². The van der Waals surface area contributed by atoms with Gasteiger partial charge in [0.2, 0.25) is 0 Å². The van der Waals surface area contributed by atoms with Gasteiger partial charge in [-0.15, -0.1) is 10.2 Å². The molecule has 0 unspecified atom stereocenters. The summed E-state index contributed by atoms with van der Waals surface area (Å²) in [6, 6.07) is -0.583. The van der Waals surface area contributed by atoms with Crippen molar-refractivity contribution in [1.29, 1.82) is 0 Å². The quantitative estimate of drug-likeness (QED) is 0.553. The predicted octanol–water partition coefficient (Wildman–Crippen LogP) is -0.0465. The summed E-state index contributed by atoms with van der Waals surface area (Å²) in [7, 11) is 0. The van der Waals surface area contributed by atoms with E-state index in [0.717, 1.165) is 11.4 Å². The molecule has 1 aromatic rings. The molecule has 0 aliphatic carbocycles. The second-order valence-corrected chi connectivity index (χ2v) is 4.26. The number of carbonyl (C=O) groups is 2. The molecule has 2 amide bonds. The normalized spacial score (nSPS) is 11.8. The molecule has 9 nitrogen and oxygen atoms in total. The van der Waals surface area contributed by atoms with Crippen molar-refractivity contribution >= 4 is 17.9 Å². The van der Waals surface area contributed by atoms with E-state index in [1.165, 1.54) is 0 Å². The van der Waals surface area contributed by atoms with Gasteiger partial charge in [0.05, 0.1) is 11.4 Å². The van der Waals surface area contributed by atoms with Gasteiger partial charge < -0.3 is 15.5 Å². The Kier molecular flexibility index (Phi) is 6.47. The van der Waals surface area contributed by atoms with Crippen molar-refractivity contribution < 1.29 is 19.8 Å². The Morgan fingerprint density at radius 2 is 1.86 bits per heavy atom. The number of hydrogen-bond acceptors (Lipinski definition) is 6. The van der Waals surface area contributed by atoms with E-state index in [2.05, 4.69) is 25.8 Å². The predicted molar refractivity (Wildman–Crippen MR) is 73.9 cm³/mol. The molecule has 21 heavy (non-hydrogen) atoms. The smallest absolute Gasteiger partial charge is 0.332 e. The average molecular weight is 297 g/mol. The summed E-state index contributed by atoms with van der Waals surface area (Å²) in [6.07, 6.45) is -0.196. The van der Waals surface area contributed by atoms with Crippen LogP contribution in [-0.4, -0.2) is 50.0 Å². The van der Waals surface area contributed by atoms with Crippen molar-refractivity contribution in [3.05, 3.63) is 11.4 Å². The molecular weight excluding hydrogens is 278 g/mol. The van der Waals surface area contributed by atoms with Crippen LogP contribution in [0.5, 0.6) is 0 Å². The van der Waals surface area contributed by atoms with E-state index in [9.17, 15) is 9.59 Å². The number of urea groups is 1. The van der Waals surface area contributed by atoms with Crippen LogP contribution in [0, 0.1) is 0 Å². The fourth-order valence-electron chi connectivity index (χ4n) is 1.58. The summed E-state index contributed by atoms with van der Waals surface area (Å²) in [5, 5.41) is 30.1. The third-order valence-corrected chi connectivity index (χ3v) is 2.72. The lowest BCUT2D eigenvalue weighted by Crippen LogP contribution is -2.33. The van der Waals surface area contributed by atoms with Crippen molar-refractivity contribution in [2.45, 2.75) is 39.2 Å². The highest BCUT2D eigenvalue weighted by atomic mass is 16.4. The van der Waals surface area contributed by atoms with Gasteiger partial charge in [0, 0.05) is 13.0 Å². The number of rotatable bonds is 7. The number of hydrogen-bond donors (Lipinski definition) is 4. The zero-order valence-electron chi connectivity index (χ0n) is 12.0. The van der Waals surface area contributed by atoms with Crippen LogP contribution in [0.3, 0.4) is 0 Å². The molecule has 0 bridgehead atoms. The number of carboxylic acids is 1. The van der Waals surface area contributed by atoms with Crippen LogP contribution in [0.2, 0.25) is 0 Å². The van der Waals surface area contributed by atoms with Gasteiger partial charge in [-0.3, -0.25) is 5.32 Å². The lowest BCUT2D eigenvalue weighted by Gasteiger charge is -2.09. The molecule has 0 aliphatic rings. The maximum Gasteiger partial charge on any atom is 0.332 e. The number of nitrogens with one attached hydrogen (secondary N) is 2. The molecule has 1 heterocycles. The number of nitrogens with zero attached hydrogens (tertiary/aromatic N) is 3. The van der Waals surface area contributed by atoms with Gasteiger partial charge in [-0.05, 0) is 12.8 Å². The molecule has 0 saturated heterocycles. The molecule has 0 aliphatic heterocycles. The maximum atomic E-state index is 11.6. The fourth-order valence-corrected chi connectivity index (χ4v) is 1.58. The Hall–Kier alpha value is -2.29. The van der Waals surface area contributed by atoms with E-state index < -0.39 is 18.1 Å². The van der Waals surface area contributed by atoms with Gasteiger partial charge in [-0.2, -0.15) is 0 Å². The highest BCUT2D eigenvalue weighted by Crippen LogP contribution is 2.06. The molecule has 1 aromatic heterocycles. The lowest BCUT2D eigenvalue weighted by molar-refractivity contribution is -0.146. The number of anilines is 1. The standard InChI is InChI=1S/C12H19N5O4/c1-3-7-8(4-2)16-17-11(14-7)15-12(21)13-6-5-9(18)10(19)20/h9,18H,3-6H2,1-2H3,(H,19,20)(H2,13,14,15,17,21)/t9-/m0/s1. The number of amides is 2. The highest BCUT2D eigenvalue weighted by molar-refractivity contribution is 5.87. The average Bonchev–Trinajstić information content (AvgIpc) is 2.46. The molecule has 116 valence electrons. The first-order valence-electron chi connectivity index (χ1n) is 6.66. The molecule has 1 atom stereocenters. The van der Waals surface area contributed by atoms with Crippen LogP contribution in [0.1, 0.15) is 31.7 Å². The van der Waals surface area contributed by atoms with E-state index >= 15 is 0 Å². The summed E-state index contributed by atoms with van der Waals surface area (Å²) in [5.74, 6) is -1.24. The Bertz CT molecular complexity index is 508. The van der Waals surface area contributed by atoms with Gasteiger partial charge in [-0.25, -0.2) is 14.6 Å². The van der Waals surface area contributed by atoms with E-state index in [4.69, 9.17) is 10.2 Å². The SMILES string of the molecule is CCc1nnc(NC(=O)NCC[C@H](O)C(=O)O)nc1CC. The molecule has 9 heteroatoms. The summed E-state index contributed by atoms with van der Waals surface area (Å²) in [4.78, 5) is 26.1. The Balaban J connectivity index is 2.49. The Morgan fingerprint density at radius 3 is 2.43 bits per heavy atom. The van der Waals surface area contributed by atoms with Crippen molar-refractivity contribution in [2.75, 3.05) is 11.9 Å². The minimum atomic E-state index is -1.50. The van der Waals surface area contributed by atoms with Crippen LogP contribution < -0.4 is 10.6 Å². The van der Waals surface area contributed by atoms with Crippen LogP contribution in [0.25, 0.3) is 0 Å². The molecule has 1 rings (SSSR count). The molecule has 0 fully saturated rings. The molecular formula is C12H19N5O4. The van der Waals surface area contributed by atoms with E-state index in [0.29, 0.717) is 12.8 Å². The van der Waals surface area contributed by atoms with E-state index in [-0.39, 0.29) is 18.9 Å². The first kappa shape index (κ1) is 16.8. The molecule has 0 aromatic carbocycles. The van der Waals surface area contributed by atoms with Gasteiger partial charge in [-0.1, -0.05) is 13.8 Å². The minimum absolute atomic E-state index is 0.0143. The first-order chi connectivity index (χ1) is 9.97. The molecule has 0 radical (unpaired) electrons. The molecule has 0 spiro atoms. The van der Waals surface area contributed by atoms with Gasteiger partial charge in [0.1, 0.15) is 0 Å². The van der Waals surface area contributed by atoms with Crippen LogP contribution in [0.15, 0.2) is 0 Å². The van der Waals surface area contributed by atoms with Gasteiger partial charge in [0.15, 0.2) is 6.10 Å². The number of aliphatic carboxylic acids is 1. The fraction of sp³-hybridized carbons (Fsp3) is 0.583. The summed E-state index contributed by atoms with van der Waals surface area (Å²) in [6.45, 7) is 3.89. The third-order valence-electron chi connectivity index (χ3n) is 2.72. The van der Waals surface area contributed by atoms with Crippen LogP contribution >= 0.6 is 0 Å². The highest BCUT2D eigenvalue weighted by Gasteiger charge is 2.13. The second-order valence-electron chi connectivity index (χ2n) is 4.26. The van der Waals surface area contributed by atoms with Crippen molar-refractivity contribution in [3.8, 4) is 0 Å². The number of aliphatic hydroxyl groups is 1. The first-order valence-corrected chi connectivity index (χ1v) is 6.66. The summed E-state index contributed by atoms with van der Waals surface area (Å²) >= 11 is 0. The second kappa shape index (κ2) is 8.10. The lowest BCUT2D eigenvalue weighted by atomic mass is 10.2. The Morgan fingerprint density at radius 1 is 1.19 bits per heavy atom. The van der Waals surface area contributed by atoms with Crippen molar-refractivity contribution in [2.24, 2.45) is 0 Å². The number of carboxylic acid groups (broad SMARTS) is 1. The zero-order chi connectivity index (χ0) is 15.8. The third kappa shape index (κ3) is 5.30. The largest absolute Gasteiger partial charge is 0.479 e.